The molecular weight excluding hydrogens is 236 g/mol. The van der Waals surface area contributed by atoms with Crippen LogP contribution in [0.1, 0.15) is 19.3 Å². The Labute approximate surface area is 113 Å². The van der Waals surface area contributed by atoms with E-state index in [1.165, 1.54) is 19.3 Å². The molecule has 1 aliphatic heterocycles. The number of rotatable bonds is 3. The number of para-hydroxylation sites is 2. The number of fused-ring (bicyclic) bond motifs is 1. The zero-order chi connectivity index (χ0) is 13.1. The van der Waals surface area contributed by atoms with Crippen molar-refractivity contribution in [3.8, 4) is 0 Å². The van der Waals surface area contributed by atoms with Crippen molar-refractivity contribution in [1.29, 1.82) is 0 Å². The second-order valence-electron chi connectivity index (χ2n) is 5.24. The largest absolute Gasteiger partial charge is 0.357 e. The van der Waals surface area contributed by atoms with E-state index in [0.717, 1.165) is 29.9 Å². The normalized spacial score (nSPS) is 19.5. The smallest absolute Gasteiger partial charge is 0.147 e. The van der Waals surface area contributed by atoms with Crippen LogP contribution in [0, 0.1) is 0 Å². The maximum absolute atomic E-state index is 4.68. The molecule has 1 N–H and O–H groups in total. The monoisotopic (exact) mass is 256 g/mol. The van der Waals surface area contributed by atoms with E-state index in [1.807, 2.05) is 30.5 Å². The molecule has 3 rings (SSSR count). The zero-order valence-electron chi connectivity index (χ0n) is 11.3. The van der Waals surface area contributed by atoms with Crippen LogP contribution in [0.25, 0.3) is 11.0 Å². The quantitative estimate of drug-likeness (QED) is 0.914. The second kappa shape index (κ2) is 5.53. The summed E-state index contributed by atoms with van der Waals surface area (Å²) in [6.45, 7) is 2.13. The van der Waals surface area contributed by atoms with Crippen molar-refractivity contribution in [2.24, 2.45) is 0 Å². The lowest BCUT2D eigenvalue weighted by molar-refractivity contribution is 0.403. The predicted molar refractivity (Wildman–Crippen MR) is 78.4 cm³/mol. The molecule has 0 aliphatic carbocycles. The topological polar surface area (TPSA) is 41.0 Å². The Morgan fingerprint density at radius 1 is 1.26 bits per heavy atom. The molecule has 0 bridgehead atoms. The van der Waals surface area contributed by atoms with Crippen molar-refractivity contribution in [2.45, 2.75) is 25.3 Å². The molecule has 2 heterocycles. The third-order valence-electron chi connectivity index (χ3n) is 3.73. The number of nitrogens with one attached hydrogen (secondary N) is 1. The van der Waals surface area contributed by atoms with E-state index in [4.69, 9.17) is 0 Å². The molecule has 0 unspecified atom stereocenters. The van der Waals surface area contributed by atoms with Gasteiger partial charge in [0, 0.05) is 19.6 Å². The number of nitrogens with zero attached hydrogens (tertiary/aromatic N) is 3. The minimum Gasteiger partial charge on any atom is -0.357 e. The molecule has 4 nitrogen and oxygen atoms in total. The van der Waals surface area contributed by atoms with Gasteiger partial charge in [0.1, 0.15) is 5.82 Å². The number of likely N-dealkylation sites (N-methyl/N-ethyl adjacent to an activating group) is 1. The molecule has 2 aromatic rings. The van der Waals surface area contributed by atoms with Gasteiger partial charge in [0.25, 0.3) is 0 Å². The van der Waals surface area contributed by atoms with Crippen LogP contribution in [0.5, 0.6) is 0 Å². The lowest BCUT2D eigenvalue weighted by atomic mass is 10.0. The van der Waals surface area contributed by atoms with Gasteiger partial charge in [-0.2, -0.15) is 0 Å². The molecule has 1 saturated heterocycles. The Balaban J connectivity index is 1.75. The molecule has 0 radical (unpaired) electrons. The highest BCUT2D eigenvalue weighted by atomic mass is 15.2. The van der Waals surface area contributed by atoms with E-state index in [0.29, 0.717) is 6.04 Å². The standard InChI is InChI=1S/C15H20N4/c1-19(11-12-6-4-5-9-16-12)15-10-17-13-7-2-3-8-14(13)18-15/h2-3,7-8,10,12,16H,4-6,9,11H2,1H3/t12-/m0/s1. The first-order chi connectivity index (χ1) is 9.33. The summed E-state index contributed by atoms with van der Waals surface area (Å²) in [5, 5.41) is 3.57. The van der Waals surface area contributed by atoms with Crippen LogP contribution in [-0.2, 0) is 0 Å². The first-order valence-corrected chi connectivity index (χ1v) is 6.99. The molecule has 1 atom stereocenters. The van der Waals surface area contributed by atoms with Crippen LogP contribution in [0.4, 0.5) is 5.82 Å². The molecule has 0 spiro atoms. The Hall–Kier alpha value is -1.68. The lowest BCUT2D eigenvalue weighted by Gasteiger charge is -2.28. The van der Waals surface area contributed by atoms with Gasteiger partial charge in [-0.25, -0.2) is 4.98 Å². The minimum atomic E-state index is 0.576. The first kappa shape index (κ1) is 12.4. The van der Waals surface area contributed by atoms with Crippen LogP contribution in [-0.4, -0.2) is 36.1 Å². The predicted octanol–water partition coefficient (Wildman–Crippen LogP) is 2.21. The van der Waals surface area contributed by atoms with E-state index in [2.05, 4.69) is 27.2 Å². The fraction of sp³-hybridized carbons (Fsp3) is 0.467. The number of aromatic nitrogens is 2. The molecule has 1 aliphatic rings. The van der Waals surface area contributed by atoms with Crippen molar-refractivity contribution in [3.05, 3.63) is 30.5 Å². The highest BCUT2D eigenvalue weighted by Gasteiger charge is 2.15. The van der Waals surface area contributed by atoms with Crippen LogP contribution in [0.15, 0.2) is 30.5 Å². The van der Waals surface area contributed by atoms with Gasteiger partial charge in [0.2, 0.25) is 0 Å². The molecule has 0 saturated carbocycles. The van der Waals surface area contributed by atoms with Gasteiger partial charge in [-0.05, 0) is 31.5 Å². The maximum atomic E-state index is 4.68. The van der Waals surface area contributed by atoms with Crippen LogP contribution >= 0.6 is 0 Å². The van der Waals surface area contributed by atoms with E-state index in [-0.39, 0.29) is 0 Å². The van der Waals surface area contributed by atoms with Crippen LogP contribution in [0.3, 0.4) is 0 Å². The van der Waals surface area contributed by atoms with Crippen molar-refractivity contribution >= 4 is 16.9 Å². The fourth-order valence-corrected chi connectivity index (χ4v) is 2.64. The molecule has 0 amide bonds. The number of piperidine rings is 1. The average molecular weight is 256 g/mol. The highest BCUT2D eigenvalue weighted by molar-refractivity contribution is 5.75. The average Bonchev–Trinajstić information content (AvgIpc) is 2.48. The Morgan fingerprint density at radius 3 is 2.89 bits per heavy atom. The van der Waals surface area contributed by atoms with Crippen molar-refractivity contribution in [3.63, 3.8) is 0 Å². The summed E-state index contributed by atoms with van der Waals surface area (Å²) < 4.78 is 0. The van der Waals surface area contributed by atoms with Crippen molar-refractivity contribution in [1.82, 2.24) is 15.3 Å². The molecule has 1 fully saturated rings. The molecule has 1 aromatic carbocycles. The lowest BCUT2D eigenvalue weighted by Crippen LogP contribution is -2.42. The number of anilines is 1. The number of hydrogen-bond acceptors (Lipinski definition) is 4. The Morgan fingerprint density at radius 2 is 2.11 bits per heavy atom. The van der Waals surface area contributed by atoms with Crippen molar-refractivity contribution < 1.29 is 0 Å². The summed E-state index contributed by atoms with van der Waals surface area (Å²) >= 11 is 0. The van der Waals surface area contributed by atoms with E-state index >= 15 is 0 Å². The third kappa shape index (κ3) is 2.84. The minimum absolute atomic E-state index is 0.576. The number of benzene rings is 1. The van der Waals surface area contributed by atoms with E-state index < -0.39 is 0 Å². The molecule has 4 heteroatoms. The summed E-state index contributed by atoms with van der Waals surface area (Å²) in [5.74, 6) is 0.950. The maximum Gasteiger partial charge on any atom is 0.147 e. The summed E-state index contributed by atoms with van der Waals surface area (Å²) in [6, 6.07) is 8.58. The third-order valence-corrected chi connectivity index (χ3v) is 3.73. The highest BCUT2D eigenvalue weighted by Crippen LogP contribution is 2.16. The Kier molecular flexibility index (Phi) is 3.60. The van der Waals surface area contributed by atoms with Gasteiger partial charge in [0.05, 0.1) is 17.2 Å². The van der Waals surface area contributed by atoms with Crippen molar-refractivity contribution in [2.75, 3.05) is 25.0 Å². The summed E-state index contributed by atoms with van der Waals surface area (Å²) in [6.07, 6.45) is 5.75. The Bertz CT molecular complexity index is 549. The molecule has 19 heavy (non-hydrogen) atoms. The van der Waals surface area contributed by atoms with Gasteiger partial charge in [-0.15, -0.1) is 0 Å². The summed E-state index contributed by atoms with van der Waals surface area (Å²) in [4.78, 5) is 11.3. The van der Waals surface area contributed by atoms with Gasteiger partial charge in [-0.1, -0.05) is 18.6 Å². The second-order valence-corrected chi connectivity index (χ2v) is 5.24. The first-order valence-electron chi connectivity index (χ1n) is 6.99. The van der Waals surface area contributed by atoms with Gasteiger partial charge in [0.15, 0.2) is 0 Å². The summed E-state index contributed by atoms with van der Waals surface area (Å²) in [7, 11) is 2.09. The van der Waals surface area contributed by atoms with Crippen LogP contribution in [0.2, 0.25) is 0 Å². The molecule has 1 aromatic heterocycles. The van der Waals surface area contributed by atoms with E-state index in [9.17, 15) is 0 Å². The van der Waals surface area contributed by atoms with Gasteiger partial charge >= 0.3 is 0 Å². The van der Waals surface area contributed by atoms with Gasteiger partial charge < -0.3 is 10.2 Å². The van der Waals surface area contributed by atoms with E-state index in [1.54, 1.807) is 0 Å². The molecular formula is C15H20N4. The SMILES string of the molecule is CN(C[C@@H]1CCCCN1)c1cnc2ccccc2n1. The van der Waals surface area contributed by atoms with Crippen LogP contribution < -0.4 is 10.2 Å². The zero-order valence-corrected chi connectivity index (χ0v) is 11.3. The number of hydrogen-bond donors (Lipinski definition) is 1. The molecule has 100 valence electrons. The fourth-order valence-electron chi connectivity index (χ4n) is 2.64. The summed E-state index contributed by atoms with van der Waals surface area (Å²) in [5.41, 5.74) is 1.92. The van der Waals surface area contributed by atoms with Gasteiger partial charge in [-0.3, -0.25) is 4.98 Å².